The fourth-order valence-electron chi connectivity index (χ4n) is 3.90. The molecule has 0 aliphatic heterocycles. The van der Waals surface area contributed by atoms with Gasteiger partial charge in [0.15, 0.2) is 0 Å². The standard InChI is InChI=1S/C26H36N6O6S/c1-17-12-18(2)24(19(3)13-17)39(36,37)32-26(28)29-11-7-10-21(31-22(33)14-27)25(35)30-15-23(34)38-16-20-8-5-4-6-9-20/h4-6,8-9,12-13,21H,7,10-11,14-16,27H2,1-3H3,(H,30,35)(H,31,33)(H3,28,29,32)/t21-/m0/s1. The second kappa shape index (κ2) is 14.8. The monoisotopic (exact) mass is 560 g/mol. The van der Waals surface area contributed by atoms with Crippen LogP contribution in [0.25, 0.3) is 0 Å². The molecule has 2 rings (SSSR count). The van der Waals surface area contributed by atoms with Crippen LogP contribution in [0.15, 0.2) is 52.4 Å². The number of nitrogens with zero attached hydrogens (tertiary/aromatic N) is 1. The van der Waals surface area contributed by atoms with Crippen molar-refractivity contribution in [3.8, 4) is 0 Å². The number of benzene rings is 2. The number of nitrogens with two attached hydrogens (primary N) is 2. The van der Waals surface area contributed by atoms with E-state index in [1.165, 1.54) is 0 Å². The molecule has 7 N–H and O–H groups in total. The van der Waals surface area contributed by atoms with Crippen LogP contribution in [0.3, 0.4) is 0 Å². The van der Waals surface area contributed by atoms with Gasteiger partial charge in [-0.15, -0.1) is 0 Å². The summed E-state index contributed by atoms with van der Waals surface area (Å²) in [7, 11) is -3.95. The molecule has 0 heterocycles. The van der Waals surface area contributed by atoms with Gasteiger partial charge in [0.2, 0.25) is 17.8 Å². The summed E-state index contributed by atoms with van der Waals surface area (Å²) in [4.78, 5) is 40.6. The molecule has 2 aromatic rings. The van der Waals surface area contributed by atoms with Gasteiger partial charge in [0.25, 0.3) is 10.0 Å². The van der Waals surface area contributed by atoms with Gasteiger partial charge < -0.3 is 26.8 Å². The molecule has 0 fully saturated rings. The zero-order chi connectivity index (χ0) is 29.0. The molecule has 0 saturated carbocycles. The SMILES string of the molecule is Cc1cc(C)c(S(=O)(=O)NC(N)=NCCC[C@H](NC(=O)CN)C(=O)NCC(=O)OCc2ccccc2)c(C)c1. The van der Waals surface area contributed by atoms with Crippen molar-refractivity contribution in [2.45, 2.75) is 51.2 Å². The summed E-state index contributed by atoms with van der Waals surface area (Å²) < 4.78 is 33.0. The highest BCUT2D eigenvalue weighted by atomic mass is 32.2. The van der Waals surface area contributed by atoms with Gasteiger partial charge >= 0.3 is 5.97 Å². The van der Waals surface area contributed by atoms with Crippen molar-refractivity contribution in [3.63, 3.8) is 0 Å². The molecule has 1 atom stereocenters. The predicted octanol–water partition coefficient (Wildman–Crippen LogP) is 0.288. The Labute approximate surface area is 228 Å². The van der Waals surface area contributed by atoms with E-state index in [9.17, 15) is 22.8 Å². The number of amides is 2. The smallest absolute Gasteiger partial charge is 0.325 e. The van der Waals surface area contributed by atoms with Gasteiger partial charge in [-0.3, -0.25) is 19.4 Å². The molecule has 0 radical (unpaired) electrons. The molecule has 0 spiro atoms. The summed E-state index contributed by atoms with van der Waals surface area (Å²) in [5, 5.41) is 4.93. The Bertz CT molecular complexity index is 1270. The molecule has 2 amide bonds. The van der Waals surface area contributed by atoms with Gasteiger partial charge in [-0.1, -0.05) is 48.0 Å². The first-order chi connectivity index (χ1) is 18.4. The Kier molecular flexibility index (Phi) is 11.9. The van der Waals surface area contributed by atoms with Crippen LogP contribution < -0.4 is 26.8 Å². The van der Waals surface area contributed by atoms with E-state index < -0.39 is 33.8 Å². The van der Waals surface area contributed by atoms with Crippen LogP contribution in [0, 0.1) is 20.8 Å². The van der Waals surface area contributed by atoms with Crippen LogP contribution in [0.1, 0.15) is 35.1 Å². The number of sulfonamides is 1. The fraction of sp³-hybridized carbons (Fsp3) is 0.385. The van der Waals surface area contributed by atoms with Gasteiger partial charge in [0, 0.05) is 6.54 Å². The largest absolute Gasteiger partial charge is 0.460 e. The first kappa shape index (κ1) is 31.2. The first-order valence-electron chi connectivity index (χ1n) is 12.3. The number of carbonyl (C=O) groups excluding carboxylic acids is 3. The molecule has 0 saturated heterocycles. The molecule has 39 heavy (non-hydrogen) atoms. The Morgan fingerprint density at radius 1 is 1.05 bits per heavy atom. The number of ether oxygens (including phenoxy) is 1. The van der Waals surface area contributed by atoms with Crippen LogP contribution >= 0.6 is 0 Å². The zero-order valence-corrected chi connectivity index (χ0v) is 23.1. The minimum Gasteiger partial charge on any atom is -0.460 e. The lowest BCUT2D eigenvalue weighted by Crippen LogP contribution is -2.49. The minimum atomic E-state index is -3.95. The molecular formula is C26H36N6O6S. The van der Waals surface area contributed by atoms with E-state index >= 15 is 0 Å². The van der Waals surface area contributed by atoms with E-state index in [-0.39, 0.29) is 49.9 Å². The van der Waals surface area contributed by atoms with Crippen molar-refractivity contribution in [1.29, 1.82) is 0 Å². The Hall–Kier alpha value is -3.97. The van der Waals surface area contributed by atoms with E-state index in [2.05, 4.69) is 20.3 Å². The van der Waals surface area contributed by atoms with Gasteiger partial charge in [-0.2, -0.15) is 0 Å². The maximum Gasteiger partial charge on any atom is 0.325 e. The molecule has 0 aliphatic rings. The second-order valence-corrected chi connectivity index (χ2v) is 10.6. The van der Waals surface area contributed by atoms with Gasteiger partial charge in [-0.05, 0) is 50.3 Å². The normalized spacial score (nSPS) is 12.4. The van der Waals surface area contributed by atoms with E-state index in [4.69, 9.17) is 16.2 Å². The molecule has 212 valence electrons. The molecule has 0 unspecified atom stereocenters. The van der Waals surface area contributed by atoms with E-state index in [0.717, 1.165) is 11.1 Å². The highest BCUT2D eigenvalue weighted by molar-refractivity contribution is 7.90. The Balaban J connectivity index is 1.90. The van der Waals surface area contributed by atoms with Crippen LogP contribution in [-0.2, 0) is 35.8 Å². The lowest BCUT2D eigenvalue weighted by molar-refractivity contribution is -0.145. The second-order valence-electron chi connectivity index (χ2n) is 8.93. The highest BCUT2D eigenvalue weighted by Gasteiger charge is 2.22. The highest BCUT2D eigenvalue weighted by Crippen LogP contribution is 2.21. The molecule has 0 aliphatic carbocycles. The minimum absolute atomic E-state index is 0.0646. The van der Waals surface area contributed by atoms with Crippen molar-refractivity contribution < 1.29 is 27.5 Å². The molecular weight excluding hydrogens is 524 g/mol. The summed E-state index contributed by atoms with van der Waals surface area (Å²) in [5.74, 6) is -2.10. The third-order valence-electron chi connectivity index (χ3n) is 5.53. The lowest BCUT2D eigenvalue weighted by atomic mass is 10.1. The number of guanidine groups is 1. The molecule has 0 bridgehead atoms. The number of aliphatic imine (C=N–C) groups is 1. The molecule has 12 nitrogen and oxygen atoms in total. The maximum absolute atomic E-state index is 12.8. The summed E-state index contributed by atoms with van der Waals surface area (Å²) in [6.45, 7) is 4.70. The van der Waals surface area contributed by atoms with E-state index in [1.807, 2.05) is 25.1 Å². The number of esters is 1. The number of hydrogen-bond acceptors (Lipinski definition) is 8. The summed E-state index contributed by atoms with van der Waals surface area (Å²) >= 11 is 0. The third-order valence-corrected chi connectivity index (χ3v) is 7.19. The number of nitrogens with one attached hydrogen (secondary N) is 3. The average molecular weight is 561 g/mol. The zero-order valence-electron chi connectivity index (χ0n) is 22.3. The Morgan fingerprint density at radius 3 is 2.31 bits per heavy atom. The van der Waals surface area contributed by atoms with Gasteiger partial charge in [0.1, 0.15) is 19.2 Å². The van der Waals surface area contributed by atoms with Crippen molar-refractivity contribution >= 4 is 33.8 Å². The first-order valence-corrected chi connectivity index (χ1v) is 13.8. The van der Waals surface area contributed by atoms with Gasteiger partial charge in [0.05, 0.1) is 11.4 Å². The number of aryl methyl sites for hydroxylation is 3. The molecule has 0 aromatic heterocycles. The topological polar surface area (TPSA) is 195 Å². The summed E-state index contributed by atoms with van der Waals surface area (Å²) in [6.07, 6.45) is 0.406. The lowest BCUT2D eigenvalue weighted by Gasteiger charge is -2.18. The predicted molar refractivity (Wildman–Crippen MR) is 147 cm³/mol. The van der Waals surface area contributed by atoms with Crippen molar-refractivity contribution in [2.75, 3.05) is 19.6 Å². The summed E-state index contributed by atoms with van der Waals surface area (Å²) in [6, 6.07) is 11.6. The quantitative estimate of drug-likeness (QED) is 0.0997. The van der Waals surface area contributed by atoms with Crippen LogP contribution in [0.2, 0.25) is 0 Å². The van der Waals surface area contributed by atoms with Crippen molar-refractivity contribution in [3.05, 3.63) is 64.7 Å². The van der Waals surface area contributed by atoms with Gasteiger partial charge in [-0.25, -0.2) is 13.1 Å². The maximum atomic E-state index is 12.8. The van der Waals surface area contributed by atoms with Crippen LogP contribution in [0.5, 0.6) is 0 Å². The number of carbonyl (C=O) groups is 3. The Morgan fingerprint density at radius 2 is 1.69 bits per heavy atom. The van der Waals surface area contributed by atoms with E-state index in [0.29, 0.717) is 11.1 Å². The van der Waals surface area contributed by atoms with Crippen LogP contribution in [0.4, 0.5) is 0 Å². The fourth-order valence-corrected chi connectivity index (χ4v) is 5.31. The van der Waals surface area contributed by atoms with Crippen LogP contribution in [-0.4, -0.2) is 57.8 Å². The van der Waals surface area contributed by atoms with Crippen molar-refractivity contribution in [2.24, 2.45) is 16.5 Å². The van der Waals surface area contributed by atoms with Crippen molar-refractivity contribution in [1.82, 2.24) is 15.4 Å². The third kappa shape index (κ3) is 10.4. The number of hydrogen-bond donors (Lipinski definition) is 5. The number of rotatable bonds is 13. The molecule has 13 heteroatoms. The van der Waals surface area contributed by atoms with E-state index in [1.54, 1.807) is 38.1 Å². The average Bonchev–Trinajstić information content (AvgIpc) is 2.87. The summed E-state index contributed by atoms with van der Waals surface area (Å²) in [5.41, 5.74) is 14.1. The molecule has 2 aromatic carbocycles.